The summed E-state index contributed by atoms with van der Waals surface area (Å²) in [5, 5.41) is 3.01. The molecule has 0 saturated heterocycles. The van der Waals surface area contributed by atoms with Crippen LogP contribution >= 0.6 is 45.9 Å². The SMILES string of the molecule is O=S(=O)(NCc1csc2ccccc12)c1cc(Cl)sc1Cl. The summed E-state index contributed by atoms with van der Waals surface area (Å²) in [4.78, 5) is 0.0266. The normalized spacial score (nSPS) is 12.1. The molecule has 0 aliphatic carbocycles. The third-order valence-corrected chi connectivity index (χ3v) is 7.10. The first-order valence-electron chi connectivity index (χ1n) is 5.87. The van der Waals surface area contributed by atoms with Gasteiger partial charge in [0.15, 0.2) is 0 Å². The van der Waals surface area contributed by atoms with Crippen molar-refractivity contribution < 1.29 is 8.42 Å². The molecule has 21 heavy (non-hydrogen) atoms. The first kappa shape index (κ1) is 15.3. The van der Waals surface area contributed by atoms with E-state index in [9.17, 15) is 8.42 Å². The van der Waals surface area contributed by atoms with Crippen molar-refractivity contribution in [3.8, 4) is 0 Å². The number of hydrogen-bond donors (Lipinski definition) is 1. The highest BCUT2D eigenvalue weighted by Crippen LogP contribution is 2.34. The minimum atomic E-state index is -3.67. The predicted octanol–water partition coefficient (Wildman–Crippen LogP) is 4.75. The van der Waals surface area contributed by atoms with E-state index >= 15 is 0 Å². The Morgan fingerprint density at radius 3 is 2.67 bits per heavy atom. The van der Waals surface area contributed by atoms with Crippen molar-refractivity contribution in [1.29, 1.82) is 0 Å². The van der Waals surface area contributed by atoms with Crippen LogP contribution in [0.3, 0.4) is 0 Å². The standard InChI is InChI=1S/C13H9Cl2NO2S3/c14-12-5-11(13(15)20-12)21(17,18)16-6-8-7-19-10-4-2-1-3-9(8)10/h1-5,7,16H,6H2. The summed E-state index contributed by atoms with van der Waals surface area (Å²) in [5.74, 6) is 0. The molecule has 0 fully saturated rings. The first-order valence-corrected chi connectivity index (χ1v) is 9.80. The van der Waals surface area contributed by atoms with Crippen LogP contribution in [-0.2, 0) is 16.6 Å². The quantitative estimate of drug-likeness (QED) is 0.712. The first-order chi connectivity index (χ1) is 9.97. The minimum Gasteiger partial charge on any atom is -0.207 e. The van der Waals surface area contributed by atoms with Gasteiger partial charge in [0.25, 0.3) is 0 Å². The molecule has 3 nitrogen and oxygen atoms in total. The van der Waals surface area contributed by atoms with Gasteiger partial charge < -0.3 is 0 Å². The van der Waals surface area contributed by atoms with Crippen molar-refractivity contribution in [2.45, 2.75) is 11.4 Å². The number of thiophene rings is 2. The van der Waals surface area contributed by atoms with E-state index in [2.05, 4.69) is 4.72 Å². The maximum atomic E-state index is 12.3. The lowest BCUT2D eigenvalue weighted by atomic mass is 10.2. The van der Waals surface area contributed by atoms with E-state index < -0.39 is 10.0 Å². The van der Waals surface area contributed by atoms with Gasteiger partial charge in [-0.25, -0.2) is 13.1 Å². The van der Waals surface area contributed by atoms with Gasteiger partial charge in [0, 0.05) is 11.2 Å². The van der Waals surface area contributed by atoms with Gasteiger partial charge in [0.1, 0.15) is 9.23 Å². The highest BCUT2D eigenvalue weighted by Gasteiger charge is 2.21. The smallest absolute Gasteiger partial charge is 0.207 e. The van der Waals surface area contributed by atoms with Gasteiger partial charge >= 0.3 is 0 Å². The van der Waals surface area contributed by atoms with Crippen LogP contribution in [0.4, 0.5) is 0 Å². The summed E-state index contributed by atoms with van der Waals surface area (Å²) in [6.45, 7) is 0.218. The van der Waals surface area contributed by atoms with E-state index in [1.165, 1.54) is 6.07 Å². The van der Waals surface area contributed by atoms with Crippen LogP contribution in [0.5, 0.6) is 0 Å². The summed E-state index contributed by atoms with van der Waals surface area (Å²) in [7, 11) is -3.67. The molecular formula is C13H9Cl2NO2S3. The zero-order valence-corrected chi connectivity index (χ0v) is 14.4. The molecule has 2 heterocycles. The van der Waals surface area contributed by atoms with Crippen LogP contribution in [0.2, 0.25) is 8.67 Å². The third kappa shape index (κ3) is 3.11. The monoisotopic (exact) mass is 377 g/mol. The maximum Gasteiger partial charge on any atom is 0.243 e. The van der Waals surface area contributed by atoms with Crippen molar-refractivity contribution in [2.24, 2.45) is 0 Å². The average Bonchev–Trinajstić information content (AvgIpc) is 3.00. The van der Waals surface area contributed by atoms with Crippen molar-refractivity contribution in [1.82, 2.24) is 4.72 Å². The lowest BCUT2D eigenvalue weighted by Crippen LogP contribution is -2.22. The molecule has 1 N–H and O–H groups in total. The summed E-state index contributed by atoms with van der Waals surface area (Å²) in [6, 6.07) is 9.24. The Hall–Kier alpha value is -0.630. The third-order valence-electron chi connectivity index (χ3n) is 2.93. The maximum absolute atomic E-state index is 12.3. The Morgan fingerprint density at radius 2 is 1.95 bits per heavy atom. The van der Waals surface area contributed by atoms with E-state index in [0.29, 0.717) is 4.34 Å². The molecule has 1 aromatic carbocycles. The number of benzene rings is 1. The highest BCUT2D eigenvalue weighted by atomic mass is 35.5. The molecule has 3 rings (SSSR count). The minimum absolute atomic E-state index is 0.0266. The van der Waals surface area contributed by atoms with E-state index in [1.807, 2.05) is 29.6 Å². The average molecular weight is 378 g/mol. The Balaban J connectivity index is 1.85. The van der Waals surface area contributed by atoms with E-state index in [1.54, 1.807) is 11.3 Å². The fourth-order valence-corrected chi connectivity index (χ4v) is 6.05. The number of fused-ring (bicyclic) bond motifs is 1. The highest BCUT2D eigenvalue weighted by molar-refractivity contribution is 7.89. The topological polar surface area (TPSA) is 46.2 Å². The summed E-state index contributed by atoms with van der Waals surface area (Å²) in [6.07, 6.45) is 0. The zero-order valence-electron chi connectivity index (χ0n) is 10.5. The predicted molar refractivity (Wildman–Crippen MR) is 90.2 cm³/mol. The molecule has 0 amide bonds. The van der Waals surface area contributed by atoms with Crippen molar-refractivity contribution in [2.75, 3.05) is 0 Å². The van der Waals surface area contributed by atoms with Crippen LogP contribution in [0.1, 0.15) is 5.56 Å². The number of nitrogens with one attached hydrogen (secondary N) is 1. The Bertz CT molecular complexity index is 899. The molecule has 0 aliphatic heterocycles. The number of halogens is 2. The molecule has 0 atom stereocenters. The molecule has 3 aromatic rings. The summed E-state index contributed by atoms with van der Waals surface area (Å²) in [5.41, 5.74) is 0.941. The molecule has 0 aliphatic rings. The van der Waals surface area contributed by atoms with E-state index in [-0.39, 0.29) is 15.8 Å². The Morgan fingerprint density at radius 1 is 1.19 bits per heavy atom. The lowest BCUT2D eigenvalue weighted by molar-refractivity contribution is 0.582. The second kappa shape index (κ2) is 5.87. The fraction of sp³-hybridized carbons (Fsp3) is 0.0769. The largest absolute Gasteiger partial charge is 0.243 e. The van der Waals surface area contributed by atoms with E-state index in [4.69, 9.17) is 23.2 Å². The Kier molecular flexibility index (Phi) is 4.27. The van der Waals surface area contributed by atoms with Crippen LogP contribution in [-0.4, -0.2) is 8.42 Å². The van der Waals surface area contributed by atoms with Crippen LogP contribution < -0.4 is 4.72 Å². The van der Waals surface area contributed by atoms with Gasteiger partial charge in [-0.3, -0.25) is 0 Å². The second-order valence-corrected chi connectivity index (χ2v) is 9.20. The molecule has 0 bridgehead atoms. The summed E-state index contributed by atoms with van der Waals surface area (Å²) >= 11 is 14.3. The molecule has 110 valence electrons. The van der Waals surface area contributed by atoms with Crippen molar-refractivity contribution in [3.05, 3.63) is 49.9 Å². The van der Waals surface area contributed by atoms with E-state index in [0.717, 1.165) is 27.0 Å². The van der Waals surface area contributed by atoms with Crippen LogP contribution in [0, 0.1) is 0 Å². The molecule has 0 radical (unpaired) electrons. The number of rotatable bonds is 4. The van der Waals surface area contributed by atoms with Gasteiger partial charge in [0.2, 0.25) is 10.0 Å². The second-order valence-electron chi connectivity index (χ2n) is 4.27. The number of sulfonamides is 1. The van der Waals surface area contributed by atoms with Gasteiger partial charge in [-0.2, -0.15) is 0 Å². The molecule has 0 unspecified atom stereocenters. The molecule has 0 saturated carbocycles. The van der Waals surface area contributed by atoms with Crippen molar-refractivity contribution >= 4 is 66.0 Å². The molecule has 8 heteroatoms. The zero-order chi connectivity index (χ0) is 15.0. The van der Waals surface area contributed by atoms with Crippen LogP contribution in [0.15, 0.2) is 40.6 Å². The fourth-order valence-electron chi connectivity index (χ4n) is 1.93. The Labute approximate surface area is 140 Å². The van der Waals surface area contributed by atoms with Gasteiger partial charge in [0.05, 0.1) is 4.34 Å². The summed E-state index contributed by atoms with van der Waals surface area (Å²) < 4.78 is 28.7. The van der Waals surface area contributed by atoms with Crippen molar-refractivity contribution in [3.63, 3.8) is 0 Å². The lowest BCUT2D eigenvalue weighted by Gasteiger charge is -2.05. The van der Waals surface area contributed by atoms with Crippen LogP contribution in [0.25, 0.3) is 10.1 Å². The van der Waals surface area contributed by atoms with Gasteiger partial charge in [-0.15, -0.1) is 22.7 Å². The molecule has 0 spiro atoms. The number of hydrogen-bond acceptors (Lipinski definition) is 4. The van der Waals surface area contributed by atoms with Gasteiger partial charge in [-0.05, 0) is 28.5 Å². The molecule has 2 aromatic heterocycles. The van der Waals surface area contributed by atoms with Gasteiger partial charge in [-0.1, -0.05) is 41.4 Å². The molecular weight excluding hydrogens is 369 g/mol.